The molecular formula is C9H16N4O. The molecule has 1 rings (SSSR count). The van der Waals surface area contributed by atoms with Gasteiger partial charge >= 0.3 is 0 Å². The lowest BCUT2D eigenvalue weighted by atomic mass is 10.3. The standard InChI is InChI=1S/C9H16N4O/c1-10-5-8-6-12-7-13(8)4-3-9(14)11-2/h6-7,10H,3-5H2,1-2H3,(H,11,14). The summed E-state index contributed by atoms with van der Waals surface area (Å²) < 4.78 is 1.98. The molecule has 0 aliphatic carbocycles. The minimum Gasteiger partial charge on any atom is -0.359 e. The highest BCUT2D eigenvalue weighted by Gasteiger charge is 2.03. The summed E-state index contributed by atoms with van der Waals surface area (Å²) in [4.78, 5) is 15.1. The summed E-state index contributed by atoms with van der Waals surface area (Å²) in [6.07, 6.45) is 4.04. The molecule has 0 fully saturated rings. The van der Waals surface area contributed by atoms with E-state index in [-0.39, 0.29) is 5.91 Å². The van der Waals surface area contributed by atoms with Crippen molar-refractivity contribution in [1.82, 2.24) is 20.2 Å². The zero-order valence-electron chi connectivity index (χ0n) is 8.58. The van der Waals surface area contributed by atoms with Gasteiger partial charge in [-0.15, -0.1) is 0 Å². The molecule has 5 nitrogen and oxygen atoms in total. The summed E-state index contributed by atoms with van der Waals surface area (Å²) >= 11 is 0. The van der Waals surface area contributed by atoms with Gasteiger partial charge in [-0.2, -0.15) is 0 Å². The maximum atomic E-state index is 11.0. The number of nitrogens with one attached hydrogen (secondary N) is 2. The van der Waals surface area contributed by atoms with E-state index in [0.29, 0.717) is 13.0 Å². The van der Waals surface area contributed by atoms with Crippen LogP contribution in [0.15, 0.2) is 12.5 Å². The number of hydrogen-bond donors (Lipinski definition) is 2. The van der Waals surface area contributed by atoms with Crippen molar-refractivity contribution in [2.24, 2.45) is 0 Å². The molecule has 14 heavy (non-hydrogen) atoms. The van der Waals surface area contributed by atoms with Gasteiger partial charge in [0.2, 0.25) is 5.91 Å². The van der Waals surface area contributed by atoms with Crippen LogP contribution in [0.3, 0.4) is 0 Å². The second kappa shape index (κ2) is 5.39. The Morgan fingerprint density at radius 2 is 2.36 bits per heavy atom. The molecule has 0 aromatic carbocycles. The van der Waals surface area contributed by atoms with E-state index in [0.717, 1.165) is 12.2 Å². The molecule has 0 bridgehead atoms. The minimum atomic E-state index is 0.0501. The quantitative estimate of drug-likeness (QED) is 0.682. The normalized spacial score (nSPS) is 10.1. The second-order valence-corrected chi connectivity index (χ2v) is 3.03. The zero-order chi connectivity index (χ0) is 10.4. The molecule has 0 spiro atoms. The molecular weight excluding hydrogens is 180 g/mol. The Hall–Kier alpha value is -1.36. The van der Waals surface area contributed by atoms with Crippen LogP contribution in [0.1, 0.15) is 12.1 Å². The summed E-state index contributed by atoms with van der Waals surface area (Å²) in [7, 11) is 3.53. The predicted octanol–water partition coefficient (Wildman–Crippen LogP) is -0.261. The van der Waals surface area contributed by atoms with Crippen LogP contribution in [0.2, 0.25) is 0 Å². The van der Waals surface area contributed by atoms with Gasteiger partial charge in [-0.1, -0.05) is 0 Å². The van der Waals surface area contributed by atoms with Gasteiger partial charge in [-0.3, -0.25) is 4.79 Å². The van der Waals surface area contributed by atoms with Crippen molar-refractivity contribution in [2.75, 3.05) is 14.1 Å². The second-order valence-electron chi connectivity index (χ2n) is 3.03. The molecule has 78 valence electrons. The van der Waals surface area contributed by atoms with Crippen molar-refractivity contribution >= 4 is 5.91 Å². The minimum absolute atomic E-state index is 0.0501. The maximum Gasteiger partial charge on any atom is 0.221 e. The Morgan fingerprint density at radius 3 is 3.00 bits per heavy atom. The molecule has 1 aromatic heterocycles. The zero-order valence-corrected chi connectivity index (χ0v) is 8.58. The highest BCUT2D eigenvalue weighted by atomic mass is 16.1. The van der Waals surface area contributed by atoms with E-state index < -0.39 is 0 Å². The fourth-order valence-electron chi connectivity index (χ4n) is 1.22. The lowest BCUT2D eigenvalue weighted by Crippen LogP contribution is -2.20. The van der Waals surface area contributed by atoms with Crippen molar-refractivity contribution in [3.05, 3.63) is 18.2 Å². The maximum absolute atomic E-state index is 11.0. The van der Waals surface area contributed by atoms with Crippen molar-refractivity contribution in [1.29, 1.82) is 0 Å². The molecule has 0 unspecified atom stereocenters. The van der Waals surface area contributed by atoms with Gasteiger partial charge in [0.25, 0.3) is 0 Å². The number of amides is 1. The number of aryl methyl sites for hydroxylation is 1. The fourth-order valence-corrected chi connectivity index (χ4v) is 1.22. The molecule has 1 aromatic rings. The smallest absolute Gasteiger partial charge is 0.221 e. The van der Waals surface area contributed by atoms with Crippen LogP contribution in [-0.4, -0.2) is 29.6 Å². The number of rotatable bonds is 5. The van der Waals surface area contributed by atoms with Crippen molar-refractivity contribution in [3.63, 3.8) is 0 Å². The Kier molecular flexibility index (Phi) is 4.12. The van der Waals surface area contributed by atoms with Crippen LogP contribution >= 0.6 is 0 Å². The first-order valence-corrected chi connectivity index (χ1v) is 4.62. The topological polar surface area (TPSA) is 59.0 Å². The fraction of sp³-hybridized carbons (Fsp3) is 0.556. The first-order chi connectivity index (χ1) is 6.77. The van der Waals surface area contributed by atoms with Crippen molar-refractivity contribution < 1.29 is 4.79 Å². The molecule has 0 saturated carbocycles. The van der Waals surface area contributed by atoms with Crippen molar-refractivity contribution in [3.8, 4) is 0 Å². The van der Waals surface area contributed by atoms with E-state index in [1.165, 1.54) is 0 Å². The predicted molar refractivity (Wildman–Crippen MR) is 53.7 cm³/mol. The van der Waals surface area contributed by atoms with Crippen molar-refractivity contribution in [2.45, 2.75) is 19.5 Å². The average molecular weight is 196 g/mol. The number of carbonyl (C=O) groups is 1. The molecule has 0 atom stereocenters. The van der Waals surface area contributed by atoms with E-state index in [1.54, 1.807) is 19.6 Å². The molecule has 0 radical (unpaired) electrons. The first kappa shape index (κ1) is 10.7. The van der Waals surface area contributed by atoms with E-state index in [2.05, 4.69) is 15.6 Å². The van der Waals surface area contributed by atoms with Crippen LogP contribution in [0.4, 0.5) is 0 Å². The lowest BCUT2D eigenvalue weighted by molar-refractivity contribution is -0.120. The molecule has 2 N–H and O–H groups in total. The number of nitrogens with zero attached hydrogens (tertiary/aromatic N) is 2. The number of imidazole rings is 1. The lowest BCUT2D eigenvalue weighted by Gasteiger charge is -2.06. The largest absolute Gasteiger partial charge is 0.359 e. The summed E-state index contributed by atoms with van der Waals surface area (Å²) in [6.45, 7) is 1.45. The van der Waals surface area contributed by atoms with Crippen LogP contribution in [0, 0.1) is 0 Å². The molecule has 5 heteroatoms. The van der Waals surface area contributed by atoms with Crippen LogP contribution in [-0.2, 0) is 17.9 Å². The third kappa shape index (κ3) is 2.85. The van der Waals surface area contributed by atoms with Crippen LogP contribution in [0.5, 0.6) is 0 Å². The summed E-state index contributed by atoms with van der Waals surface area (Å²) in [5, 5.41) is 5.64. The van der Waals surface area contributed by atoms with Crippen LogP contribution in [0.25, 0.3) is 0 Å². The third-order valence-corrected chi connectivity index (χ3v) is 2.02. The average Bonchev–Trinajstić information content (AvgIpc) is 2.62. The molecule has 1 amide bonds. The number of hydrogen-bond acceptors (Lipinski definition) is 3. The Balaban J connectivity index is 2.49. The van der Waals surface area contributed by atoms with Gasteiger partial charge in [0.05, 0.1) is 12.0 Å². The van der Waals surface area contributed by atoms with Gasteiger partial charge < -0.3 is 15.2 Å². The number of carbonyl (C=O) groups excluding carboxylic acids is 1. The van der Waals surface area contributed by atoms with E-state index in [9.17, 15) is 4.79 Å². The van der Waals surface area contributed by atoms with E-state index in [4.69, 9.17) is 0 Å². The molecule has 0 aliphatic heterocycles. The van der Waals surface area contributed by atoms with Gasteiger partial charge in [-0.25, -0.2) is 4.98 Å². The Morgan fingerprint density at radius 1 is 1.57 bits per heavy atom. The number of aromatic nitrogens is 2. The highest BCUT2D eigenvalue weighted by Crippen LogP contribution is 2.00. The summed E-state index contributed by atoms with van der Waals surface area (Å²) in [6, 6.07) is 0. The first-order valence-electron chi connectivity index (χ1n) is 4.62. The monoisotopic (exact) mass is 196 g/mol. The molecule has 1 heterocycles. The Bertz CT molecular complexity index is 295. The van der Waals surface area contributed by atoms with Gasteiger partial charge in [-0.05, 0) is 7.05 Å². The van der Waals surface area contributed by atoms with Gasteiger partial charge in [0.15, 0.2) is 0 Å². The SMILES string of the molecule is CNCc1cncn1CCC(=O)NC. The van der Waals surface area contributed by atoms with Gasteiger partial charge in [0, 0.05) is 32.8 Å². The third-order valence-electron chi connectivity index (χ3n) is 2.02. The van der Waals surface area contributed by atoms with E-state index in [1.807, 2.05) is 11.6 Å². The van der Waals surface area contributed by atoms with E-state index >= 15 is 0 Å². The van der Waals surface area contributed by atoms with Crippen LogP contribution < -0.4 is 10.6 Å². The van der Waals surface area contributed by atoms with Gasteiger partial charge in [0.1, 0.15) is 0 Å². The summed E-state index contributed by atoms with van der Waals surface area (Å²) in [5.74, 6) is 0.0501. The molecule has 0 saturated heterocycles. The Labute approximate surface area is 83.5 Å². The highest BCUT2D eigenvalue weighted by molar-refractivity contribution is 5.75. The summed E-state index contributed by atoms with van der Waals surface area (Å²) in [5.41, 5.74) is 1.09. The molecule has 0 aliphatic rings.